The molecule has 84 valence electrons. The molecule has 2 heteroatoms. The zero-order chi connectivity index (χ0) is 11.0. The SMILES string of the molecule is COC(=O)/C(C)=C/C1C2CCC(C2)C1C. The molecule has 2 fully saturated rings. The third kappa shape index (κ3) is 1.82. The molecule has 2 saturated carbocycles. The highest BCUT2D eigenvalue weighted by Crippen LogP contribution is 2.52. The lowest BCUT2D eigenvalue weighted by Crippen LogP contribution is -2.19. The van der Waals surface area contributed by atoms with E-state index in [9.17, 15) is 4.79 Å². The predicted octanol–water partition coefficient (Wildman–Crippen LogP) is 2.79. The lowest BCUT2D eigenvalue weighted by Gasteiger charge is -2.25. The molecule has 0 spiro atoms. The first-order chi connectivity index (χ1) is 7.13. The Morgan fingerprint density at radius 2 is 2.00 bits per heavy atom. The van der Waals surface area contributed by atoms with Crippen LogP contribution < -0.4 is 0 Å². The van der Waals surface area contributed by atoms with Crippen molar-refractivity contribution in [2.24, 2.45) is 23.7 Å². The fraction of sp³-hybridized carbons (Fsp3) is 0.769. The van der Waals surface area contributed by atoms with Crippen molar-refractivity contribution in [3.8, 4) is 0 Å². The minimum absolute atomic E-state index is 0.176. The number of carbonyl (C=O) groups is 1. The number of allylic oxidation sites excluding steroid dienone is 1. The van der Waals surface area contributed by atoms with Gasteiger partial charge in [0.2, 0.25) is 0 Å². The van der Waals surface area contributed by atoms with Crippen molar-refractivity contribution in [3.05, 3.63) is 11.6 Å². The van der Waals surface area contributed by atoms with Crippen molar-refractivity contribution in [3.63, 3.8) is 0 Å². The first-order valence-corrected chi connectivity index (χ1v) is 5.90. The van der Waals surface area contributed by atoms with Gasteiger partial charge in [-0.15, -0.1) is 0 Å². The normalized spacial score (nSPS) is 39.5. The summed E-state index contributed by atoms with van der Waals surface area (Å²) < 4.78 is 4.73. The van der Waals surface area contributed by atoms with E-state index in [1.54, 1.807) is 0 Å². The molecule has 0 aromatic heterocycles. The predicted molar refractivity (Wildman–Crippen MR) is 59.3 cm³/mol. The van der Waals surface area contributed by atoms with Crippen molar-refractivity contribution in [2.45, 2.75) is 33.1 Å². The van der Waals surface area contributed by atoms with E-state index in [-0.39, 0.29) is 5.97 Å². The molecule has 0 saturated heterocycles. The molecule has 0 radical (unpaired) electrons. The van der Waals surface area contributed by atoms with E-state index in [0.717, 1.165) is 23.3 Å². The topological polar surface area (TPSA) is 26.3 Å². The number of hydrogen-bond donors (Lipinski definition) is 0. The minimum Gasteiger partial charge on any atom is -0.466 e. The fourth-order valence-electron chi connectivity index (χ4n) is 3.43. The lowest BCUT2D eigenvalue weighted by atomic mass is 9.79. The molecule has 4 unspecified atom stereocenters. The maximum Gasteiger partial charge on any atom is 0.333 e. The highest BCUT2D eigenvalue weighted by Gasteiger charge is 2.44. The molecule has 0 heterocycles. The highest BCUT2D eigenvalue weighted by atomic mass is 16.5. The van der Waals surface area contributed by atoms with Gasteiger partial charge in [-0.2, -0.15) is 0 Å². The molecular formula is C13H20O2. The van der Waals surface area contributed by atoms with E-state index in [1.807, 2.05) is 6.92 Å². The zero-order valence-electron chi connectivity index (χ0n) is 9.82. The van der Waals surface area contributed by atoms with Gasteiger partial charge in [0.25, 0.3) is 0 Å². The van der Waals surface area contributed by atoms with Crippen LogP contribution in [0.3, 0.4) is 0 Å². The van der Waals surface area contributed by atoms with E-state index in [0.29, 0.717) is 5.92 Å². The van der Waals surface area contributed by atoms with E-state index < -0.39 is 0 Å². The molecule has 0 aliphatic heterocycles. The molecule has 0 aromatic rings. The second kappa shape index (κ2) is 3.99. The van der Waals surface area contributed by atoms with Crippen LogP contribution in [0.4, 0.5) is 0 Å². The van der Waals surface area contributed by atoms with Gasteiger partial charge in [0.05, 0.1) is 7.11 Å². The van der Waals surface area contributed by atoms with Gasteiger partial charge < -0.3 is 4.74 Å². The van der Waals surface area contributed by atoms with Gasteiger partial charge in [-0.3, -0.25) is 0 Å². The summed E-state index contributed by atoms with van der Waals surface area (Å²) in [5, 5.41) is 0. The van der Waals surface area contributed by atoms with E-state index in [4.69, 9.17) is 4.74 Å². The minimum atomic E-state index is -0.176. The van der Waals surface area contributed by atoms with E-state index in [1.165, 1.54) is 26.4 Å². The zero-order valence-corrected chi connectivity index (χ0v) is 9.82. The molecule has 4 atom stereocenters. The fourth-order valence-corrected chi connectivity index (χ4v) is 3.43. The third-order valence-electron chi connectivity index (χ3n) is 4.36. The van der Waals surface area contributed by atoms with Gasteiger partial charge >= 0.3 is 5.97 Å². The first kappa shape index (κ1) is 10.7. The summed E-state index contributed by atoms with van der Waals surface area (Å²) in [7, 11) is 1.45. The van der Waals surface area contributed by atoms with Crippen molar-refractivity contribution >= 4 is 5.97 Å². The van der Waals surface area contributed by atoms with E-state index >= 15 is 0 Å². The van der Waals surface area contributed by atoms with Gasteiger partial charge in [-0.25, -0.2) is 4.79 Å². The third-order valence-corrected chi connectivity index (χ3v) is 4.36. The second-order valence-electron chi connectivity index (χ2n) is 5.11. The average Bonchev–Trinajstić information content (AvgIpc) is 2.80. The average molecular weight is 208 g/mol. The number of methoxy groups -OCH3 is 1. The van der Waals surface area contributed by atoms with E-state index in [2.05, 4.69) is 13.0 Å². The van der Waals surface area contributed by atoms with Crippen LogP contribution in [0.2, 0.25) is 0 Å². The van der Waals surface area contributed by atoms with Gasteiger partial charge in [0.1, 0.15) is 0 Å². The number of fused-ring (bicyclic) bond motifs is 2. The molecule has 2 aliphatic rings. The molecule has 0 N–H and O–H groups in total. The summed E-state index contributed by atoms with van der Waals surface area (Å²) in [5.74, 6) is 2.92. The van der Waals surface area contributed by atoms with Crippen LogP contribution in [0.1, 0.15) is 33.1 Å². The summed E-state index contributed by atoms with van der Waals surface area (Å²) in [5.41, 5.74) is 0.780. The smallest absolute Gasteiger partial charge is 0.333 e. The van der Waals surface area contributed by atoms with Gasteiger partial charge in [0, 0.05) is 5.57 Å². The number of ether oxygens (including phenoxy) is 1. The Hall–Kier alpha value is -0.790. The maximum absolute atomic E-state index is 11.3. The Kier molecular flexibility index (Phi) is 2.85. The molecular weight excluding hydrogens is 188 g/mol. The quantitative estimate of drug-likeness (QED) is 0.515. The summed E-state index contributed by atoms with van der Waals surface area (Å²) in [4.78, 5) is 11.3. The summed E-state index contributed by atoms with van der Waals surface area (Å²) in [6, 6.07) is 0. The molecule has 0 aromatic carbocycles. The maximum atomic E-state index is 11.3. The van der Waals surface area contributed by atoms with Crippen LogP contribution in [0.15, 0.2) is 11.6 Å². The Morgan fingerprint density at radius 3 is 2.53 bits per heavy atom. The van der Waals surface area contributed by atoms with Gasteiger partial charge in [-0.1, -0.05) is 13.0 Å². The first-order valence-electron chi connectivity index (χ1n) is 5.90. The Bertz CT molecular complexity index is 291. The van der Waals surface area contributed by atoms with Crippen molar-refractivity contribution < 1.29 is 9.53 Å². The number of carbonyl (C=O) groups excluding carboxylic acids is 1. The molecule has 2 bridgehead atoms. The standard InChI is InChI=1S/C13H20O2/c1-8(13(14)15-3)6-12-9(2)10-4-5-11(12)7-10/h6,9-12H,4-5,7H2,1-3H3/b8-6+. The Morgan fingerprint density at radius 1 is 1.33 bits per heavy atom. The van der Waals surface area contributed by atoms with Crippen LogP contribution in [0, 0.1) is 23.7 Å². The highest BCUT2D eigenvalue weighted by molar-refractivity contribution is 5.87. The van der Waals surface area contributed by atoms with Gasteiger partial charge in [0.15, 0.2) is 0 Å². The lowest BCUT2D eigenvalue weighted by molar-refractivity contribution is -0.136. The van der Waals surface area contributed by atoms with Crippen molar-refractivity contribution in [1.82, 2.24) is 0 Å². The van der Waals surface area contributed by atoms with Crippen LogP contribution >= 0.6 is 0 Å². The summed E-state index contributed by atoms with van der Waals surface area (Å²) in [6.07, 6.45) is 6.27. The number of rotatable bonds is 2. The van der Waals surface area contributed by atoms with Crippen molar-refractivity contribution in [2.75, 3.05) is 7.11 Å². The second-order valence-corrected chi connectivity index (χ2v) is 5.11. The largest absolute Gasteiger partial charge is 0.466 e. The summed E-state index contributed by atoms with van der Waals surface area (Å²) >= 11 is 0. The Labute approximate surface area is 91.7 Å². The van der Waals surface area contributed by atoms with Crippen LogP contribution in [0.5, 0.6) is 0 Å². The van der Waals surface area contributed by atoms with Crippen molar-refractivity contribution in [1.29, 1.82) is 0 Å². The van der Waals surface area contributed by atoms with Gasteiger partial charge in [-0.05, 0) is 49.9 Å². The molecule has 2 rings (SSSR count). The monoisotopic (exact) mass is 208 g/mol. The molecule has 0 amide bonds. The molecule has 2 aliphatic carbocycles. The molecule has 15 heavy (non-hydrogen) atoms. The molecule has 2 nitrogen and oxygen atoms in total. The number of hydrogen-bond acceptors (Lipinski definition) is 2. The van der Waals surface area contributed by atoms with Crippen LogP contribution in [-0.2, 0) is 9.53 Å². The van der Waals surface area contributed by atoms with Crippen LogP contribution in [0.25, 0.3) is 0 Å². The number of esters is 1. The summed E-state index contributed by atoms with van der Waals surface area (Å²) in [6.45, 7) is 4.19. The Balaban J connectivity index is 2.09. The van der Waals surface area contributed by atoms with Crippen LogP contribution in [-0.4, -0.2) is 13.1 Å².